The molecule has 2 aromatic carbocycles. The minimum atomic E-state index is 0.590. The molecule has 0 radical (unpaired) electrons. The van der Waals surface area contributed by atoms with Crippen LogP contribution in [0.15, 0.2) is 71.1 Å². The van der Waals surface area contributed by atoms with Gasteiger partial charge in [0.15, 0.2) is 0 Å². The van der Waals surface area contributed by atoms with Gasteiger partial charge < -0.3 is 4.42 Å². The molecule has 0 saturated heterocycles. The molecule has 3 rings (SSSR count). The summed E-state index contributed by atoms with van der Waals surface area (Å²) in [6.07, 6.45) is 0.862. The van der Waals surface area contributed by atoms with Gasteiger partial charge >= 0.3 is 0 Å². The molecule has 4 heteroatoms. The normalized spacial score (nSPS) is 10.7. The number of rotatable bonds is 7. The molecule has 0 aliphatic heterocycles. The molecule has 0 fully saturated rings. The zero-order valence-corrected chi connectivity index (χ0v) is 13.1. The first-order valence-corrected chi connectivity index (χ1v) is 7.73. The summed E-state index contributed by atoms with van der Waals surface area (Å²) >= 11 is 0. The Kier molecular flexibility index (Phi) is 5.09. The molecule has 0 aliphatic carbocycles. The van der Waals surface area contributed by atoms with Gasteiger partial charge in [-0.3, -0.25) is 0 Å². The fourth-order valence-corrected chi connectivity index (χ4v) is 2.32. The Labute approximate surface area is 136 Å². The van der Waals surface area contributed by atoms with Gasteiger partial charge in [0.25, 0.3) is 0 Å². The highest BCUT2D eigenvalue weighted by atomic mass is 16.8. The Bertz CT molecular complexity index is 738. The van der Waals surface area contributed by atoms with Crippen molar-refractivity contribution in [3.05, 3.63) is 78.1 Å². The summed E-state index contributed by atoms with van der Waals surface area (Å²) < 4.78 is 5.49. The molecule has 0 bridgehead atoms. The first kappa shape index (κ1) is 15.3. The smallest absolute Gasteiger partial charge is 0.218 e. The van der Waals surface area contributed by atoms with Gasteiger partial charge in [-0.2, -0.15) is 10.4 Å². The first-order chi connectivity index (χ1) is 11.3. The summed E-state index contributed by atoms with van der Waals surface area (Å²) in [5.41, 5.74) is 9.16. The van der Waals surface area contributed by atoms with E-state index < -0.39 is 0 Å². The Morgan fingerprint density at radius 3 is 2.52 bits per heavy atom. The van der Waals surface area contributed by atoms with Crippen molar-refractivity contribution < 1.29 is 9.36 Å². The highest BCUT2D eigenvalue weighted by Crippen LogP contribution is 2.20. The van der Waals surface area contributed by atoms with E-state index in [1.807, 2.05) is 43.3 Å². The summed E-state index contributed by atoms with van der Waals surface area (Å²) in [5, 5.41) is 0. The number of anilines is 1. The monoisotopic (exact) mass is 308 g/mol. The van der Waals surface area contributed by atoms with Gasteiger partial charge in [0.05, 0.1) is 0 Å². The average molecular weight is 308 g/mol. The first-order valence-electron chi connectivity index (χ1n) is 7.73. The van der Waals surface area contributed by atoms with E-state index in [9.17, 15) is 0 Å². The van der Waals surface area contributed by atoms with Crippen molar-refractivity contribution in [3.8, 4) is 11.1 Å². The lowest BCUT2D eigenvalue weighted by Gasteiger charge is -2.07. The van der Waals surface area contributed by atoms with Gasteiger partial charge in [0, 0.05) is 19.0 Å². The third-order valence-electron chi connectivity index (χ3n) is 3.54. The Balaban J connectivity index is 1.52. The van der Waals surface area contributed by atoms with E-state index in [-0.39, 0.29) is 0 Å². The van der Waals surface area contributed by atoms with Crippen LogP contribution in [-0.2, 0) is 17.9 Å². The number of hydrogen-bond acceptors (Lipinski definition) is 4. The minimum absolute atomic E-state index is 0.590. The van der Waals surface area contributed by atoms with E-state index in [0.717, 1.165) is 17.7 Å². The summed E-state index contributed by atoms with van der Waals surface area (Å²) in [7, 11) is 0. The van der Waals surface area contributed by atoms with Crippen molar-refractivity contribution in [2.45, 2.75) is 19.9 Å². The van der Waals surface area contributed by atoms with Crippen LogP contribution in [0.5, 0.6) is 0 Å². The van der Waals surface area contributed by atoms with Crippen molar-refractivity contribution >= 4 is 5.88 Å². The van der Waals surface area contributed by atoms with Crippen LogP contribution in [0, 0.1) is 0 Å². The largest absolute Gasteiger partial charge is 0.444 e. The average Bonchev–Trinajstić information content (AvgIpc) is 3.08. The lowest BCUT2D eigenvalue weighted by atomic mass is 10.0. The number of furan rings is 1. The quantitative estimate of drug-likeness (QED) is 0.496. The van der Waals surface area contributed by atoms with Gasteiger partial charge in [0.1, 0.15) is 5.76 Å². The van der Waals surface area contributed by atoms with E-state index in [0.29, 0.717) is 12.4 Å². The summed E-state index contributed by atoms with van der Waals surface area (Å²) in [4.78, 5) is 5.23. The highest BCUT2D eigenvalue weighted by Gasteiger charge is 2.01. The zero-order valence-electron chi connectivity index (χ0n) is 13.1. The van der Waals surface area contributed by atoms with Crippen LogP contribution in [0.25, 0.3) is 11.1 Å². The second-order valence-corrected chi connectivity index (χ2v) is 5.21. The van der Waals surface area contributed by atoms with E-state index in [2.05, 4.69) is 41.3 Å². The Morgan fingerprint density at radius 2 is 1.74 bits per heavy atom. The van der Waals surface area contributed by atoms with Gasteiger partial charge in [-0.05, 0) is 28.8 Å². The van der Waals surface area contributed by atoms with Gasteiger partial charge in [0.2, 0.25) is 5.88 Å². The Morgan fingerprint density at radius 1 is 0.913 bits per heavy atom. The highest BCUT2D eigenvalue weighted by molar-refractivity contribution is 5.63. The minimum Gasteiger partial charge on any atom is -0.444 e. The maximum Gasteiger partial charge on any atom is 0.218 e. The van der Waals surface area contributed by atoms with Crippen LogP contribution in [0.2, 0.25) is 0 Å². The molecule has 23 heavy (non-hydrogen) atoms. The maximum atomic E-state index is 5.49. The molecule has 0 aliphatic rings. The van der Waals surface area contributed by atoms with Gasteiger partial charge in [-0.25, -0.2) is 5.48 Å². The Hall–Kier alpha value is -2.56. The molecule has 3 aromatic rings. The van der Waals surface area contributed by atoms with Crippen molar-refractivity contribution in [1.82, 2.24) is 5.48 Å². The molecule has 2 N–H and O–H groups in total. The summed E-state index contributed by atoms with van der Waals surface area (Å²) in [5.74, 6) is 1.51. The molecule has 0 unspecified atom stereocenters. The second-order valence-electron chi connectivity index (χ2n) is 5.21. The molecule has 1 heterocycles. The van der Waals surface area contributed by atoms with E-state index in [1.165, 1.54) is 11.1 Å². The maximum absolute atomic E-state index is 5.49. The third kappa shape index (κ3) is 4.22. The summed E-state index contributed by atoms with van der Waals surface area (Å²) in [6, 6.07) is 22.4. The molecule has 0 saturated carbocycles. The molecule has 0 amide bonds. The number of aryl methyl sites for hydroxylation is 1. The predicted molar refractivity (Wildman–Crippen MR) is 91.5 cm³/mol. The fourth-order valence-electron chi connectivity index (χ4n) is 2.32. The molecular weight excluding hydrogens is 288 g/mol. The van der Waals surface area contributed by atoms with Crippen molar-refractivity contribution in [3.63, 3.8) is 0 Å². The van der Waals surface area contributed by atoms with Crippen molar-refractivity contribution in [2.24, 2.45) is 0 Å². The van der Waals surface area contributed by atoms with E-state index >= 15 is 0 Å². The fraction of sp³-hybridized carbons (Fsp3) is 0.158. The van der Waals surface area contributed by atoms with Crippen LogP contribution in [0.1, 0.15) is 18.2 Å². The van der Waals surface area contributed by atoms with Crippen LogP contribution in [-0.4, -0.2) is 0 Å². The van der Waals surface area contributed by atoms with Gasteiger partial charge in [-0.15, -0.1) is 0 Å². The number of hydroxylamine groups is 1. The summed E-state index contributed by atoms with van der Waals surface area (Å²) in [6.45, 7) is 2.64. The number of nitrogens with one attached hydrogen (secondary N) is 2. The van der Waals surface area contributed by atoms with Crippen LogP contribution >= 0.6 is 0 Å². The molecule has 0 spiro atoms. The molecule has 4 nitrogen and oxygen atoms in total. The van der Waals surface area contributed by atoms with Crippen molar-refractivity contribution in [2.75, 3.05) is 5.48 Å². The topological polar surface area (TPSA) is 46.4 Å². The molecule has 0 atom stereocenters. The van der Waals surface area contributed by atoms with Crippen LogP contribution < -0.4 is 11.0 Å². The number of hydrogen-bond donors (Lipinski definition) is 2. The van der Waals surface area contributed by atoms with E-state index in [1.54, 1.807) is 0 Å². The molecule has 118 valence electrons. The lowest BCUT2D eigenvalue weighted by Crippen LogP contribution is -2.18. The lowest BCUT2D eigenvalue weighted by molar-refractivity contribution is 0.0783. The van der Waals surface area contributed by atoms with Crippen molar-refractivity contribution in [1.29, 1.82) is 0 Å². The standard InChI is InChI=1S/C19H20N2O2/c1-2-18-11-12-19(22-18)21-23-20-14-15-7-6-10-17(13-15)16-8-4-3-5-9-16/h3-13,20-21H,2,14H2,1H3. The SMILES string of the molecule is CCc1ccc(NONCc2cccc(-c3ccccc3)c2)o1. The second kappa shape index (κ2) is 7.63. The zero-order chi connectivity index (χ0) is 15.9. The molecule has 1 aromatic heterocycles. The number of benzene rings is 2. The van der Waals surface area contributed by atoms with Crippen LogP contribution in [0.3, 0.4) is 0 Å². The van der Waals surface area contributed by atoms with E-state index in [4.69, 9.17) is 9.36 Å². The van der Waals surface area contributed by atoms with Crippen LogP contribution in [0.4, 0.5) is 5.88 Å². The van der Waals surface area contributed by atoms with Gasteiger partial charge in [-0.1, -0.05) is 55.5 Å². The third-order valence-corrected chi connectivity index (χ3v) is 3.54. The molecular formula is C19H20N2O2. The predicted octanol–water partition coefficient (Wildman–Crippen LogP) is 4.56.